The lowest BCUT2D eigenvalue weighted by Crippen LogP contribution is -2.09. The molecule has 0 unspecified atom stereocenters. The van der Waals surface area contributed by atoms with E-state index in [1.54, 1.807) is 13.0 Å². The standard InChI is InChI=1S/C12H10BrFIN3O/c1-6(8-4-7(14)2-3-9(8)15)19-12-11(16)17-5-10(13)18-12/h2-6H,1H3,(H2,16,17)/t6-/m0/s1. The number of aromatic nitrogens is 2. The van der Waals surface area contributed by atoms with Gasteiger partial charge in [-0.25, -0.2) is 14.4 Å². The summed E-state index contributed by atoms with van der Waals surface area (Å²) >= 11 is 5.33. The zero-order valence-electron chi connectivity index (χ0n) is 9.90. The lowest BCUT2D eigenvalue weighted by molar-refractivity contribution is 0.216. The summed E-state index contributed by atoms with van der Waals surface area (Å²) in [6.45, 7) is 1.80. The summed E-state index contributed by atoms with van der Waals surface area (Å²) in [5.41, 5.74) is 6.43. The third-order valence-electron chi connectivity index (χ3n) is 2.42. The maximum absolute atomic E-state index is 13.3. The molecule has 1 atom stereocenters. The fourth-order valence-corrected chi connectivity index (χ4v) is 2.54. The number of nitrogens with zero attached hydrogens (tertiary/aromatic N) is 2. The number of hydrogen-bond acceptors (Lipinski definition) is 4. The van der Waals surface area contributed by atoms with Crippen molar-refractivity contribution in [2.75, 3.05) is 5.73 Å². The van der Waals surface area contributed by atoms with Crippen LogP contribution in [0, 0.1) is 9.39 Å². The summed E-state index contributed by atoms with van der Waals surface area (Å²) in [4.78, 5) is 8.03. The third-order valence-corrected chi connectivity index (χ3v) is 3.79. The molecule has 0 bridgehead atoms. The van der Waals surface area contributed by atoms with Gasteiger partial charge < -0.3 is 10.5 Å². The predicted molar refractivity (Wildman–Crippen MR) is 82.3 cm³/mol. The van der Waals surface area contributed by atoms with Crippen molar-refractivity contribution in [2.45, 2.75) is 13.0 Å². The first-order valence-electron chi connectivity index (χ1n) is 5.37. The highest BCUT2D eigenvalue weighted by atomic mass is 127. The van der Waals surface area contributed by atoms with Gasteiger partial charge in [0.1, 0.15) is 16.5 Å². The lowest BCUT2D eigenvalue weighted by Gasteiger charge is -2.16. The molecule has 0 radical (unpaired) electrons. The maximum Gasteiger partial charge on any atom is 0.258 e. The highest BCUT2D eigenvalue weighted by Crippen LogP contribution is 2.28. The van der Waals surface area contributed by atoms with Gasteiger partial charge in [0.25, 0.3) is 5.88 Å². The van der Waals surface area contributed by atoms with Gasteiger partial charge in [-0.1, -0.05) is 0 Å². The average Bonchev–Trinajstić information content (AvgIpc) is 2.36. The Balaban J connectivity index is 2.27. The molecule has 100 valence electrons. The Morgan fingerprint density at radius 1 is 1.47 bits per heavy atom. The second kappa shape index (κ2) is 6.00. The van der Waals surface area contributed by atoms with E-state index in [-0.39, 0.29) is 23.6 Å². The zero-order chi connectivity index (χ0) is 14.0. The minimum Gasteiger partial charge on any atom is -0.467 e. The fourth-order valence-electron chi connectivity index (χ4n) is 1.50. The molecule has 2 rings (SSSR count). The van der Waals surface area contributed by atoms with Crippen LogP contribution in [0.5, 0.6) is 5.88 Å². The summed E-state index contributed by atoms with van der Waals surface area (Å²) in [5, 5.41) is 0. The van der Waals surface area contributed by atoms with Crippen molar-refractivity contribution in [2.24, 2.45) is 0 Å². The Morgan fingerprint density at radius 2 is 2.21 bits per heavy atom. The van der Waals surface area contributed by atoms with Crippen LogP contribution in [0.3, 0.4) is 0 Å². The van der Waals surface area contributed by atoms with Crippen LogP contribution in [0.15, 0.2) is 29.0 Å². The SMILES string of the molecule is C[C@H](Oc1nc(Br)cnc1N)c1cc(F)ccc1I. The van der Waals surface area contributed by atoms with Gasteiger partial charge in [-0.3, -0.25) is 0 Å². The number of benzene rings is 1. The summed E-state index contributed by atoms with van der Waals surface area (Å²) in [7, 11) is 0. The van der Waals surface area contributed by atoms with Crippen molar-refractivity contribution < 1.29 is 9.13 Å². The van der Waals surface area contributed by atoms with Gasteiger partial charge in [-0.2, -0.15) is 0 Å². The van der Waals surface area contributed by atoms with E-state index in [2.05, 4.69) is 48.5 Å². The molecule has 0 amide bonds. The van der Waals surface area contributed by atoms with Crippen molar-refractivity contribution in [1.29, 1.82) is 0 Å². The quantitative estimate of drug-likeness (QED) is 0.743. The number of halogens is 3. The van der Waals surface area contributed by atoms with E-state index >= 15 is 0 Å². The van der Waals surface area contributed by atoms with Crippen LogP contribution in [0.1, 0.15) is 18.6 Å². The normalized spacial score (nSPS) is 12.2. The first kappa shape index (κ1) is 14.4. The molecule has 0 aliphatic rings. The van der Waals surface area contributed by atoms with E-state index in [1.165, 1.54) is 18.3 Å². The Morgan fingerprint density at radius 3 is 2.95 bits per heavy atom. The van der Waals surface area contributed by atoms with Gasteiger partial charge in [0.15, 0.2) is 5.82 Å². The topological polar surface area (TPSA) is 61.0 Å². The monoisotopic (exact) mass is 437 g/mol. The van der Waals surface area contributed by atoms with Crippen LogP contribution in [-0.2, 0) is 0 Å². The lowest BCUT2D eigenvalue weighted by atomic mass is 10.1. The summed E-state index contributed by atoms with van der Waals surface area (Å²) < 4.78 is 20.4. The molecule has 0 spiro atoms. The van der Waals surface area contributed by atoms with Crippen molar-refractivity contribution >= 4 is 44.3 Å². The number of ether oxygens (including phenoxy) is 1. The Bertz CT molecular complexity index is 612. The molecule has 1 heterocycles. The second-order valence-corrected chi connectivity index (χ2v) is 5.78. The minimum atomic E-state index is -0.381. The highest BCUT2D eigenvalue weighted by Gasteiger charge is 2.15. The molecule has 4 nitrogen and oxygen atoms in total. The van der Waals surface area contributed by atoms with Crippen LogP contribution < -0.4 is 10.5 Å². The van der Waals surface area contributed by atoms with Crippen LogP contribution in [-0.4, -0.2) is 9.97 Å². The molecule has 1 aromatic carbocycles. The second-order valence-electron chi connectivity index (χ2n) is 3.81. The number of rotatable bonds is 3. The summed E-state index contributed by atoms with van der Waals surface area (Å²) in [6.07, 6.45) is 1.10. The molecule has 0 aliphatic heterocycles. The van der Waals surface area contributed by atoms with Gasteiger partial charge in [0.05, 0.1) is 6.20 Å². The zero-order valence-corrected chi connectivity index (χ0v) is 13.6. The number of anilines is 1. The van der Waals surface area contributed by atoms with Crippen LogP contribution in [0.25, 0.3) is 0 Å². The van der Waals surface area contributed by atoms with Crippen molar-refractivity contribution in [3.05, 3.63) is 43.9 Å². The Labute approximate surface area is 131 Å². The molecule has 19 heavy (non-hydrogen) atoms. The number of nitrogen functional groups attached to an aromatic ring is 1. The molecule has 0 fully saturated rings. The largest absolute Gasteiger partial charge is 0.467 e. The van der Waals surface area contributed by atoms with Crippen LogP contribution >= 0.6 is 38.5 Å². The third kappa shape index (κ3) is 3.53. The van der Waals surface area contributed by atoms with E-state index in [9.17, 15) is 4.39 Å². The molecule has 0 aliphatic carbocycles. The van der Waals surface area contributed by atoms with Gasteiger partial charge in [0, 0.05) is 9.13 Å². The fraction of sp³-hybridized carbons (Fsp3) is 0.167. The predicted octanol–water partition coefficient (Wildman–Crippen LogP) is 3.71. The molecular formula is C12H10BrFIN3O. The summed E-state index contributed by atoms with van der Waals surface area (Å²) in [6, 6.07) is 4.54. The van der Waals surface area contributed by atoms with E-state index < -0.39 is 0 Å². The van der Waals surface area contributed by atoms with E-state index in [1.807, 2.05) is 0 Å². The van der Waals surface area contributed by atoms with Gasteiger partial charge in [-0.15, -0.1) is 0 Å². The Hall–Kier alpha value is -0.960. The molecule has 0 saturated carbocycles. The number of hydrogen-bond donors (Lipinski definition) is 1. The van der Waals surface area contributed by atoms with Crippen LogP contribution in [0.4, 0.5) is 10.2 Å². The smallest absolute Gasteiger partial charge is 0.258 e. The first-order chi connectivity index (χ1) is 8.97. The van der Waals surface area contributed by atoms with E-state index in [0.29, 0.717) is 4.60 Å². The molecule has 0 saturated heterocycles. The van der Waals surface area contributed by atoms with Crippen molar-refractivity contribution in [3.63, 3.8) is 0 Å². The van der Waals surface area contributed by atoms with Crippen LogP contribution in [0.2, 0.25) is 0 Å². The van der Waals surface area contributed by atoms with Gasteiger partial charge >= 0.3 is 0 Å². The maximum atomic E-state index is 13.3. The van der Waals surface area contributed by atoms with E-state index in [4.69, 9.17) is 10.5 Å². The minimum absolute atomic E-state index is 0.196. The molecule has 2 N–H and O–H groups in total. The molecule has 1 aromatic heterocycles. The first-order valence-corrected chi connectivity index (χ1v) is 7.24. The molecular weight excluding hydrogens is 428 g/mol. The van der Waals surface area contributed by atoms with Gasteiger partial charge in [-0.05, 0) is 63.6 Å². The average molecular weight is 438 g/mol. The number of nitrogens with two attached hydrogens (primary N) is 1. The highest BCUT2D eigenvalue weighted by molar-refractivity contribution is 14.1. The van der Waals surface area contributed by atoms with Crippen molar-refractivity contribution in [1.82, 2.24) is 9.97 Å². The van der Waals surface area contributed by atoms with Crippen molar-refractivity contribution in [3.8, 4) is 5.88 Å². The molecule has 7 heteroatoms. The van der Waals surface area contributed by atoms with E-state index in [0.717, 1.165) is 9.13 Å². The van der Waals surface area contributed by atoms with Gasteiger partial charge in [0.2, 0.25) is 0 Å². The molecule has 2 aromatic rings. The summed E-state index contributed by atoms with van der Waals surface area (Å²) in [5.74, 6) is 0.113. The Kier molecular flexibility index (Phi) is 4.56.